The molecule has 0 atom stereocenters. The van der Waals surface area contributed by atoms with E-state index in [1.807, 2.05) is 12.1 Å². The van der Waals surface area contributed by atoms with Gasteiger partial charge in [-0.15, -0.1) is 0 Å². The molecule has 0 radical (unpaired) electrons. The molecular weight excluding hydrogens is 233 g/mol. The van der Waals surface area contributed by atoms with Crippen LogP contribution in [0.4, 0.5) is 10.1 Å². The van der Waals surface area contributed by atoms with E-state index in [4.69, 9.17) is 10.5 Å². The lowest BCUT2D eigenvalue weighted by Crippen LogP contribution is -2.26. The first-order valence-corrected chi connectivity index (χ1v) is 5.31. The van der Waals surface area contributed by atoms with E-state index in [0.29, 0.717) is 11.3 Å². The third-order valence-electron chi connectivity index (χ3n) is 2.52. The number of aryl methyl sites for hydroxylation is 1. The Hall–Kier alpha value is -2.40. The normalized spacial score (nSPS) is 9.39. The highest BCUT2D eigenvalue weighted by atomic mass is 19.1. The van der Waals surface area contributed by atoms with Crippen molar-refractivity contribution < 1.29 is 9.18 Å². The standard InChI is InChI=1S/C13H12FN3O/c1-9-7-13(17(5-3-15)6-4-16)11(10(2)18)8-12(9)14/h7-8H,5-6H2,1-2H3. The van der Waals surface area contributed by atoms with Crippen molar-refractivity contribution in [2.45, 2.75) is 13.8 Å². The molecule has 0 aromatic heterocycles. The highest BCUT2D eigenvalue weighted by molar-refractivity contribution is 6.00. The molecule has 0 N–H and O–H groups in total. The number of ketones is 1. The van der Waals surface area contributed by atoms with Crippen molar-refractivity contribution in [3.8, 4) is 12.1 Å². The summed E-state index contributed by atoms with van der Waals surface area (Å²) in [4.78, 5) is 12.9. The Morgan fingerprint density at radius 1 is 1.33 bits per heavy atom. The van der Waals surface area contributed by atoms with Gasteiger partial charge in [0.1, 0.15) is 18.9 Å². The van der Waals surface area contributed by atoms with Gasteiger partial charge in [0.15, 0.2) is 5.78 Å². The summed E-state index contributed by atoms with van der Waals surface area (Å²) in [6.45, 7) is 2.84. The third-order valence-corrected chi connectivity index (χ3v) is 2.52. The Morgan fingerprint density at radius 3 is 2.33 bits per heavy atom. The van der Waals surface area contributed by atoms with Crippen LogP contribution >= 0.6 is 0 Å². The maximum absolute atomic E-state index is 13.5. The molecule has 0 saturated carbocycles. The first-order valence-electron chi connectivity index (χ1n) is 5.31. The number of nitriles is 2. The van der Waals surface area contributed by atoms with Gasteiger partial charge < -0.3 is 4.90 Å². The summed E-state index contributed by atoms with van der Waals surface area (Å²) >= 11 is 0. The smallest absolute Gasteiger partial charge is 0.161 e. The molecule has 1 aromatic carbocycles. The number of anilines is 1. The van der Waals surface area contributed by atoms with Gasteiger partial charge in [-0.05, 0) is 31.5 Å². The number of rotatable bonds is 4. The SMILES string of the molecule is CC(=O)c1cc(F)c(C)cc1N(CC#N)CC#N. The second-order valence-electron chi connectivity index (χ2n) is 3.85. The van der Waals surface area contributed by atoms with Gasteiger partial charge in [0.2, 0.25) is 0 Å². The number of hydrogen-bond donors (Lipinski definition) is 0. The molecule has 0 fully saturated rings. The van der Waals surface area contributed by atoms with Crippen molar-refractivity contribution in [1.82, 2.24) is 0 Å². The fourth-order valence-corrected chi connectivity index (χ4v) is 1.61. The molecule has 0 aliphatic heterocycles. The number of hydrogen-bond acceptors (Lipinski definition) is 4. The predicted molar refractivity (Wildman–Crippen MR) is 64.6 cm³/mol. The first kappa shape index (κ1) is 13.7. The summed E-state index contributed by atoms with van der Waals surface area (Å²) in [7, 11) is 0. The van der Waals surface area contributed by atoms with E-state index in [1.165, 1.54) is 17.9 Å². The van der Waals surface area contributed by atoms with E-state index in [1.54, 1.807) is 6.92 Å². The van der Waals surface area contributed by atoms with Gasteiger partial charge in [0.25, 0.3) is 0 Å². The molecule has 0 amide bonds. The van der Waals surface area contributed by atoms with Crippen LogP contribution in [-0.2, 0) is 0 Å². The Labute approximate surface area is 105 Å². The minimum atomic E-state index is -0.474. The highest BCUT2D eigenvalue weighted by Crippen LogP contribution is 2.24. The van der Waals surface area contributed by atoms with E-state index < -0.39 is 5.82 Å². The third kappa shape index (κ3) is 2.83. The lowest BCUT2D eigenvalue weighted by molar-refractivity contribution is 0.101. The second kappa shape index (κ2) is 5.79. The Morgan fingerprint density at radius 2 is 1.89 bits per heavy atom. The van der Waals surface area contributed by atoms with Gasteiger partial charge in [0, 0.05) is 11.3 Å². The van der Waals surface area contributed by atoms with Crippen LogP contribution < -0.4 is 4.90 Å². The Bertz CT molecular complexity index is 539. The molecular formula is C13H12FN3O. The predicted octanol–water partition coefficient (Wildman–Crippen LogP) is 2.19. The average molecular weight is 245 g/mol. The number of Topliss-reactive ketones (excluding diaryl/α,β-unsaturated/α-hetero) is 1. The summed E-state index contributed by atoms with van der Waals surface area (Å²) in [5.74, 6) is -0.775. The summed E-state index contributed by atoms with van der Waals surface area (Å²) in [6, 6.07) is 6.48. The number of carbonyl (C=O) groups excluding carboxylic acids is 1. The molecule has 1 aromatic rings. The number of halogens is 1. The molecule has 0 unspecified atom stereocenters. The van der Waals surface area contributed by atoms with Crippen molar-refractivity contribution in [2.75, 3.05) is 18.0 Å². The molecule has 0 heterocycles. The van der Waals surface area contributed by atoms with Gasteiger partial charge >= 0.3 is 0 Å². The van der Waals surface area contributed by atoms with Gasteiger partial charge in [0.05, 0.1) is 12.1 Å². The van der Waals surface area contributed by atoms with E-state index in [-0.39, 0.29) is 24.4 Å². The van der Waals surface area contributed by atoms with Crippen LogP contribution in [0.15, 0.2) is 12.1 Å². The van der Waals surface area contributed by atoms with Crippen molar-refractivity contribution >= 4 is 11.5 Å². The lowest BCUT2D eigenvalue weighted by atomic mass is 10.0. The Kier molecular flexibility index (Phi) is 4.39. The quantitative estimate of drug-likeness (QED) is 0.602. The number of benzene rings is 1. The van der Waals surface area contributed by atoms with Crippen LogP contribution in [0.1, 0.15) is 22.8 Å². The van der Waals surface area contributed by atoms with E-state index >= 15 is 0 Å². The van der Waals surface area contributed by atoms with Gasteiger partial charge in [-0.3, -0.25) is 4.79 Å². The lowest BCUT2D eigenvalue weighted by Gasteiger charge is -2.21. The molecule has 4 nitrogen and oxygen atoms in total. The van der Waals surface area contributed by atoms with Crippen LogP contribution in [0.5, 0.6) is 0 Å². The van der Waals surface area contributed by atoms with Crippen LogP contribution in [-0.4, -0.2) is 18.9 Å². The van der Waals surface area contributed by atoms with Gasteiger partial charge in [-0.25, -0.2) is 4.39 Å². The summed E-state index contributed by atoms with van der Waals surface area (Å²) in [6.07, 6.45) is 0. The topological polar surface area (TPSA) is 67.9 Å². The molecule has 18 heavy (non-hydrogen) atoms. The minimum Gasteiger partial charge on any atom is -0.344 e. The monoisotopic (exact) mass is 245 g/mol. The van der Waals surface area contributed by atoms with Crippen LogP contribution in [0.3, 0.4) is 0 Å². The molecule has 1 rings (SSSR count). The maximum Gasteiger partial charge on any atom is 0.161 e. The van der Waals surface area contributed by atoms with Crippen LogP contribution in [0.25, 0.3) is 0 Å². The number of nitrogens with zero attached hydrogens (tertiary/aromatic N) is 3. The summed E-state index contributed by atoms with van der Waals surface area (Å²) < 4.78 is 13.5. The van der Waals surface area contributed by atoms with E-state index in [0.717, 1.165) is 6.07 Å². The summed E-state index contributed by atoms with van der Waals surface area (Å²) in [5, 5.41) is 17.4. The second-order valence-corrected chi connectivity index (χ2v) is 3.85. The van der Waals surface area contributed by atoms with Gasteiger partial charge in [-0.1, -0.05) is 0 Å². The fourth-order valence-electron chi connectivity index (χ4n) is 1.61. The zero-order chi connectivity index (χ0) is 13.7. The van der Waals surface area contributed by atoms with E-state index in [9.17, 15) is 9.18 Å². The number of carbonyl (C=O) groups is 1. The molecule has 0 spiro atoms. The molecule has 92 valence electrons. The zero-order valence-corrected chi connectivity index (χ0v) is 10.2. The fraction of sp³-hybridized carbons (Fsp3) is 0.308. The van der Waals surface area contributed by atoms with Crippen LogP contribution in [0, 0.1) is 35.4 Å². The van der Waals surface area contributed by atoms with Crippen molar-refractivity contribution in [2.24, 2.45) is 0 Å². The van der Waals surface area contributed by atoms with Crippen molar-refractivity contribution in [3.63, 3.8) is 0 Å². The zero-order valence-electron chi connectivity index (χ0n) is 10.2. The molecule has 5 heteroatoms. The molecule has 0 bridgehead atoms. The largest absolute Gasteiger partial charge is 0.344 e. The van der Waals surface area contributed by atoms with Gasteiger partial charge in [-0.2, -0.15) is 10.5 Å². The summed E-state index contributed by atoms with van der Waals surface area (Å²) in [5.41, 5.74) is 0.976. The van der Waals surface area contributed by atoms with Crippen molar-refractivity contribution in [1.29, 1.82) is 10.5 Å². The molecule has 0 saturated heterocycles. The van der Waals surface area contributed by atoms with E-state index in [2.05, 4.69) is 0 Å². The Balaban J connectivity index is 3.36. The maximum atomic E-state index is 13.5. The molecule has 0 aliphatic rings. The van der Waals surface area contributed by atoms with Crippen LogP contribution in [0.2, 0.25) is 0 Å². The molecule has 0 aliphatic carbocycles. The van der Waals surface area contributed by atoms with Crippen molar-refractivity contribution in [3.05, 3.63) is 29.1 Å². The highest BCUT2D eigenvalue weighted by Gasteiger charge is 2.16. The average Bonchev–Trinajstić information content (AvgIpc) is 2.31. The first-order chi connectivity index (χ1) is 8.51. The minimum absolute atomic E-state index is 0.0289.